The molecule has 29 heavy (non-hydrogen) atoms. The van der Waals surface area contributed by atoms with E-state index in [0.717, 1.165) is 30.6 Å². The van der Waals surface area contributed by atoms with Gasteiger partial charge in [-0.25, -0.2) is 4.98 Å². The van der Waals surface area contributed by atoms with E-state index in [4.69, 9.17) is 5.10 Å². The molecule has 0 radical (unpaired) electrons. The molecule has 0 atom stereocenters. The van der Waals surface area contributed by atoms with Crippen LogP contribution in [0.15, 0.2) is 24.4 Å². The van der Waals surface area contributed by atoms with Crippen molar-refractivity contribution in [1.29, 1.82) is 0 Å². The number of pyridine rings is 1. The van der Waals surface area contributed by atoms with Crippen molar-refractivity contribution in [2.75, 3.05) is 26.0 Å². The Morgan fingerprint density at radius 2 is 2.00 bits per heavy atom. The van der Waals surface area contributed by atoms with E-state index in [2.05, 4.69) is 25.9 Å². The highest BCUT2D eigenvalue weighted by atomic mass is 16.2. The maximum atomic E-state index is 12.0. The number of aromatic nitrogens is 3. The Hall–Kier alpha value is -2.41. The molecule has 0 saturated heterocycles. The molecule has 0 bridgehead atoms. The first-order valence-electron chi connectivity index (χ1n) is 10.8. The summed E-state index contributed by atoms with van der Waals surface area (Å²) in [6, 6.07) is 6.64. The number of anilines is 1. The average molecular weight is 397 g/mol. The van der Waals surface area contributed by atoms with Crippen molar-refractivity contribution in [3.05, 3.63) is 41.3 Å². The molecule has 0 unspecified atom stereocenters. The predicted molar refractivity (Wildman–Crippen MR) is 114 cm³/mol. The minimum atomic E-state index is -0.0376. The Bertz CT molecular complexity index is 822. The van der Waals surface area contributed by atoms with Gasteiger partial charge in [0.1, 0.15) is 5.82 Å². The number of nitrogens with one attached hydrogen (secondary N) is 1. The van der Waals surface area contributed by atoms with Gasteiger partial charge in [-0.3, -0.25) is 14.4 Å². The van der Waals surface area contributed by atoms with Crippen LogP contribution in [0.3, 0.4) is 0 Å². The van der Waals surface area contributed by atoms with Crippen molar-refractivity contribution in [1.82, 2.24) is 24.6 Å². The Labute approximate surface area is 173 Å². The molecule has 3 heterocycles. The number of nitrogens with zero attached hydrogens (tertiary/aromatic N) is 5. The largest absolute Gasteiger partial charge is 0.364 e. The number of hydrogen-bond donors (Lipinski definition) is 1. The fraction of sp³-hybridized carbons (Fsp3) is 0.591. The SMILES string of the molecule is CN(C)C(=O)c1ccc(NCc2cc3n(n2)CCCN(C2CCCCC2)C3)nc1. The molecule has 4 rings (SSSR count). The van der Waals surface area contributed by atoms with E-state index in [0.29, 0.717) is 12.1 Å². The molecule has 1 fully saturated rings. The summed E-state index contributed by atoms with van der Waals surface area (Å²) < 4.78 is 2.19. The number of fused-ring (bicyclic) bond motifs is 1. The Morgan fingerprint density at radius 3 is 2.72 bits per heavy atom. The van der Waals surface area contributed by atoms with Gasteiger partial charge in [0.25, 0.3) is 5.91 Å². The van der Waals surface area contributed by atoms with Gasteiger partial charge in [-0.1, -0.05) is 19.3 Å². The number of rotatable bonds is 5. The summed E-state index contributed by atoms with van der Waals surface area (Å²) in [7, 11) is 3.49. The van der Waals surface area contributed by atoms with Crippen molar-refractivity contribution in [2.45, 2.75) is 64.2 Å². The summed E-state index contributed by atoms with van der Waals surface area (Å²) in [6.07, 6.45) is 9.64. The van der Waals surface area contributed by atoms with Crippen LogP contribution in [-0.4, -0.2) is 57.2 Å². The lowest BCUT2D eigenvalue weighted by atomic mass is 9.94. The molecule has 1 aliphatic carbocycles. The summed E-state index contributed by atoms with van der Waals surface area (Å²) in [4.78, 5) is 20.6. The van der Waals surface area contributed by atoms with Crippen LogP contribution in [0.5, 0.6) is 0 Å². The lowest BCUT2D eigenvalue weighted by Gasteiger charge is -2.33. The van der Waals surface area contributed by atoms with E-state index in [1.165, 1.54) is 50.8 Å². The van der Waals surface area contributed by atoms with Crippen molar-refractivity contribution >= 4 is 11.7 Å². The number of amides is 1. The lowest BCUT2D eigenvalue weighted by Crippen LogP contribution is -2.36. The fourth-order valence-corrected chi connectivity index (χ4v) is 4.46. The van der Waals surface area contributed by atoms with Crippen molar-refractivity contribution < 1.29 is 4.79 Å². The van der Waals surface area contributed by atoms with Crippen LogP contribution in [0.1, 0.15) is 60.3 Å². The maximum Gasteiger partial charge on any atom is 0.254 e. The first-order valence-corrected chi connectivity index (χ1v) is 10.8. The van der Waals surface area contributed by atoms with Crippen molar-refractivity contribution in [3.63, 3.8) is 0 Å². The zero-order valence-corrected chi connectivity index (χ0v) is 17.6. The van der Waals surface area contributed by atoms with Gasteiger partial charge < -0.3 is 10.2 Å². The van der Waals surface area contributed by atoms with Gasteiger partial charge in [0.05, 0.1) is 23.5 Å². The third kappa shape index (κ3) is 4.78. The monoisotopic (exact) mass is 396 g/mol. The molecule has 2 aliphatic rings. The molecule has 1 aliphatic heterocycles. The second kappa shape index (κ2) is 8.95. The van der Waals surface area contributed by atoms with Crippen LogP contribution in [0, 0.1) is 0 Å². The van der Waals surface area contributed by atoms with E-state index in [1.807, 2.05) is 12.1 Å². The van der Waals surface area contributed by atoms with E-state index >= 15 is 0 Å². The third-order valence-corrected chi connectivity index (χ3v) is 6.05. The van der Waals surface area contributed by atoms with Gasteiger partial charge >= 0.3 is 0 Å². The molecule has 1 amide bonds. The Balaban J connectivity index is 1.37. The van der Waals surface area contributed by atoms with Crippen LogP contribution < -0.4 is 5.32 Å². The van der Waals surface area contributed by atoms with Crippen LogP contribution in [0.4, 0.5) is 5.82 Å². The molecular weight excluding hydrogens is 364 g/mol. The van der Waals surface area contributed by atoms with Gasteiger partial charge in [-0.15, -0.1) is 0 Å². The van der Waals surface area contributed by atoms with Gasteiger partial charge in [0.2, 0.25) is 0 Å². The molecule has 2 aromatic rings. The number of aryl methyl sites for hydroxylation is 1. The number of carbonyl (C=O) groups is 1. The Kier molecular flexibility index (Phi) is 6.13. The molecule has 7 heteroatoms. The normalized spacial score (nSPS) is 18.1. The predicted octanol–water partition coefficient (Wildman–Crippen LogP) is 3.13. The molecule has 7 nitrogen and oxygen atoms in total. The highest BCUT2D eigenvalue weighted by Crippen LogP contribution is 2.26. The van der Waals surface area contributed by atoms with Crippen LogP contribution in [0.2, 0.25) is 0 Å². The third-order valence-electron chi connectivity index (χ3n) is 6.05. The topological polar surface area (TPSA) is 66.3 Å². The smallest absolute Gasteiger partial charge is 0.254 e. The van der Waals surface area contributed by atoms with Gasteiger partial charge in [0.15, 0.2) is 0 Å². The molecule has 0 spiro atoms. The minimum absolute atomic E-state index is 0.0376. The van der Waals surface area contributed by atoms with Gasteiger partial charge in [0, 0.05) is 46.0 Å². The molecule has 0 aromatic carbocycles. The average Bonchev–Trinajstić information content (AvgIpc) is 3.02. The van der Waals surface area contributed by atoms with Crippen LogP contribution in [-0.2, 0) is 19.6 Å². The maximum absolute atomic E-state index is 12.0. The van der Waals surface area contributed by atoms with Crippen molar-refractivity contribution in [2.24, 2.45) is 0 Å². The quantitative estimate of drug-likeness (QED) is 0.841. The summed E-state index contributed by atoms with van der Waals surface area (Å²) >= 11 is 0. The molecular formula is C22H32N6O. The standard InChI is InChI=1S/C22H32N6O/c1-26(2)22(29)17-9-10-21(23-14-17)24-15-18-13-20-16-27(11-6-12-28(20)25-18)19-7-4-3-5-8-19/h9-10,13-14,19H,3-8,11-12,15-16H2,1-2H3,(H,23,24). The minimum Gasteiger partial charge on any atom is -0.364 e. The van der Waals surface area contributed by atoms with E-state index in [-0.39, 0.29) is 5.91 Å². The van der Waals surface area contributed by atoms with E-state index in [1.54, 1.807) is 25.2 Å². The van der Waals surface area contributed by atoms with Crippen LogP contribution in [0.25, 0.3) is 0 Å². The van der Waals surface area contributed by atoms with E-state index in [9.17, 15) is 4.79 Å². The van der Waals surface area contributed by atoms with E-state index < -0.39 is 0 Å². The second-order valence-electron chi connectivity index (χ2n) is 8.45. The molecule has 2 aromatic heterocycles. The number of hydrogen-bond acceptors (Lipinski definition) is 5. The highest BCUT2D eigenvalue weighted by molar-refractivity contribution is 5.93. The fourth-order valence-electron chi connectivity index (χ4n) is 4.46. The first kappa shape index (κ1) is 19.9. The lowest BCUT2D eigenvalue weighted by molar-refractivity contribution is 0.0827. The first-order chi connectivity index (χ1) is 14.1. The number of carbonyl (C=O) groups excluding carboxylic acids is 1. The molecule has 1 N–H and O–H groups in total. The van der Waals surface area contributed by atoms with Gasteiger partial charge in [-0.2, -0.15) is 5.10 Å². The molecule has 1 saturated carbocycles. The van der Waals surface area contributed by atoms with Crippen LogP contribution >= 0.6 is 0 Å². The second-order valence-corrected chi connectivity index (χ2v) is 8.45. The Morgan fingerprint density at radius 1 is 1.17 bits per heavy atom. The molecule has 156 valence electrons. The summed E-state index contributed by atoms with van der Waals surface area (Å²) in [5.74, 6) is 0.719. The highest BCUT2D eigenvalue weighted by Gasteiger charge is 2.24. The zero-order valence-electron chi connectivity index (χ0n) is 17.6. The summed E-state index contributed by atoms with van der Waals surface area (Å²) in [5, 5.41) is 8.14. The summed E-state index contributed by atoms with van der Waals surface area (Å²) in [6.45, 7) is 3.83. The summed E-state index contributed by atoms with van der Waals surface area (Å²) in [5.41, 5.74) is 2.96. The van der Waals surface area contributed by atoms with Gasteiger partial charge in [-0.05, 0) is 37.5 Å². The van der Waals surface area contributed by atoms with Crippen molar-refractivity contribution in [3.8, 4) is 0 Å². The zero-order chi connectivity index (χ0) is 20.2.